The molecule has 29 heavy (non-hydrogen) atoms. The molecule has 0 radical (unpaired) electrons. The van der Waals surface area contributed by atoms with Gasteiger partial charge in [0.1, 0.15) is 5.01 Å². The molecule has 0 atom stereocenters. The molecule has 0 saturated carbocycles. The van der Waals surface area contributed by atoms with Crippen molar-refractivity contribution < 1.29 is 19.1 Å². The van der Waals surface area contributed by atoms with Crippen LogP contribution in [0.1, 0.15) is 20.4 Å². The second-order valence-corrected chi connectivity index (χ2v) is 7.26. The van der Waals surface area contributed by atoms with E-state index in [1.54, 1.807) is 24.3 Å². The largest absolute Gasteiger partial charge is 0.454 e. The number of carbonyl (C=O) groups is 2. The van der Waals surface area contributed by atoms with Crippen LogP contribution in [0.4, 0.5) is 16.2 Å². The van der Waals surface area contributed by atoms with E-state index in [-0.39, 0.29) is 24.4 Å². The van der Waals surface area contributed by atoms with Gasteiger partial charge in [0.15, 0.2) is 11.5 Å². The molecule has 1 aliphatic rings. The van der Waals surface area contributed by atoms with E-state index in [0.29, 0.717) is 27.9 Å². The van der Waals surface area contributed by atoms with Gasteiger partial charge in [0.05, 0.1) is 6.54 Å². The van der Waals surface area contributed by atoms with Crippen molar-refractivity contribution in [2.75, 3.05) is 17.4 Å². The highest BCUT2D eigenvalue weighted by atomic mass is 32.1. The van der Waals surface area contributed by atoms with E-state index in [4.69, 9.17) is 9.47 Å². The molecule has 10 heteroatoms. The average Bonchev–Trinajstić information content (AvgIpc) is 3.35. The van der Waals surface area contributed by atoms with Crippen molar-refractivity contribution in [3.05, 3.63) is 58.0 Å². The Bertz CT molecular complexity index is 1070. The van der Waals surface area contributed by atoms with Crippen molar-refractivity contribution >= 4 is 34.6 Å². The number of carbonyl (C=O) groups excluding carboxylic acids is 2. The topological polar surface area (TPSA) is 114 Å². The summed E-state index contributed by atoms with van der Waals surface area (Å²) in [4.78, 5) is 24.4. The lowest BCUT2D eigenvalue weighted by Crippen LogP contribution is -2.28. The van der Waals surface area contributed by atoms with Gasteiger partial charge in [-0.2, -0.15) is 0 Å². The Labute approximate surface area is 170 Å². The van der Waals surface area contributed by atoms with Gasteiger partial charge in [0, 0.05) is 17.4 Å². The van der Waals surface area contributed by atoms with Gasteiger partial charge in [-0.25, -0.2) is 4.79 Å². The second-order valence-electron chi connectivity index (χ2n) is 6.20. The number of hydrogen-bond donors (Lipinski definition) is 3. The summed E-state index contributed by atoms with van der Waals surface area (Å²) >= 11 is 1.10. The summed E-state index contributed by atoms with van der Waals surface area (Å²) in [6.07, 6.45) is 0. The number of rotatable bonds is 5. The Balaban J connectivity index is 1.31. The Morgan fingerprint density at radius 1 is 1.03 bits per heavy atom. The zero-order valence-electron chi connectivity index (χ0n) is 15.4. The minimum absolute atomic E-state index is 0.159. The van der Waals surface area contributed by atoms with Crippen LogP contribution in [-0.2, 0) is 6.54 Å². The molecule has 0 bridgehead atoms. The van der Waals surface area contributed by atoms with E-state index < -0.39 is 5.91 Å². The number of fused-ring (bicyclic) bond motifs is 1. The number of aromatic nitrogens is 2. The van der Waals surface area contributed by atoms with Crippen LogP contribution in [0.15, 0.2) is 42.5 Å². The second kappa shape index (κ2) is 8.15. The SMILES string of the molecule is Cc1cccc(NC(=O)NCc2nnc(C(=O)Nc3ccc4c(c3)OCO4)s2)c1. The predicted octanol–water partition coefficient (Wildman–Crippen LogP) is 3.15. The van der Waals surface area contributed by atoms with Gasteiger partial charge >= 0.3 is 6.03 Å². The van der Waals surface area contributed by atoms with Crippen LogP contribution in [0, 0.1) is 6.92 Å². The zero-order chi connectivity index (χ0) is 20.2. The van der Waals surface area contributed by atoms with Crippen LogP contribution in [0.5, 0.6) is 11.5 Å². The van der Waals surface area contributed by atoms with Gasteiger partial charge in [-0.05, 0) is 36.8 Å². The van der Waals surface area contributed by atoms with E-state index in [1.807, 2.05) is 25.1 Å². The highest BCUT2D eigenvalue weighted by Crippen LogP contribution is 2.34. The first-order valence-electron chi connectivity index (χ1n) is 8.72. The van der Waals surface area contributed by atoms with Crippen molar-refractivity contribution in [1.29, 1.82) is 0 Å². The van der Waals surface area contributed by atoms with Gasteiger partial charge in [-0.1, -0.05) is 23.5 Å². The maximum Gasteiger partial charge on any atom is 0.319 e. The van der Waals surface area contributed by atoms with Gasteiger partial charge in [0.25, 0.3) is 5.91 Å². The lowest BCUT2D eigenvalue weighted by molar-refractivity contribution is 0.102. The minimum Gasteiger partial charge on any atom is -0.454 e. The van der Waals surface area contributed by atoms with E-state index >= 15 is 0 Å². The molecule has 9 nitrogen and oxygen atoms in total. The Hall–Kier alpha value is -3.66. The molecule has 0 saturated heterocycles. The molecular weight excluding hydrogens is 394 g/mol. The molecule has 148 valence electrons. The molecule has 2 heterocycles. The lowest BCUT2D eigenvalue weighted by atomic mass is 10.2. The summed E-state index contributed by atoms with van der Waals surface area (Å²) in [6, 6.07) is 12.2. The third kappa shape index (κ3) is 4.61. The van der Waals surface area contributed by atoms with Crippen molar-refractivity contribution in [3.63, 3.8) is 0 Å². The first-order chi connectivity index (χ1) is 14.1. The maximum absolute atomic E-state index is 12.4. The summed E-state index contributed by atoms with van der Waals surface area (Å²) in [7, 11) is 0. The fraction of sp³-hybridized carbons (Fsp3) is 0.158. The normalized spacial score (nSPS) is 11.8. The summed E-state index contributed by atoms with van der Waals surface area (Å²) in [6.45, 7) is 2.27. The van der Waals surface area contributed by atoms with Crippen LogP contribution in [-0.4, -0.2) is 28.9 Å². The summed E-state index contributed by atoms with van der Waals surface area (Å²) in [5, 5.41) is 16.7. The number of nitrogens with one attached hydrogen (secondary N) is 3. The van der Waals surface area contributed by atoms with Crippen LogP contribution >= 0.6 is 11.3 Å². The number of benzene rings is 2. The third-order valence-electron chi connectivity index (χ3n) is 3.97. The van der Waals surface area contributed by atoms with E-state index in [0.717, 1.165) is 16.9 Å². The van der Waals surface area contributed by atoms with Gasteiger partial charge in [-0.3, -0.25) is 4.79 Å². The number of aryl methyl sites for hydroxylation is 1. The maximum atomic E-state index is 12.4. The lowest BCUT2D eigenvalue weighted by Gasteiger charge is -2.06. The van der Waals surface area contributed by atoms with Crippen molar-refractivity contribution in [2.45, 2.75) is 13.5 Å². The van der Waals surface area contributed by atoms with Gasteiger partial charge < -0.3 is 25.4 Å². The molecular formula is C19H17N5O4S. The van der Waals surface area contributed by atoms with Crippen molar-refractivity contribution in [1.82, 2.24) is 15.5 Å². The monoisotopic (exact) mass is 411 g/mol. The first-order valence-corrected chi connectivity index (χ1v) is 9.53. The smallest absolute Gasteiger partial charge is 0.319 e. The molecule has 1 aliphatic heterocycles. The number of hydrogen-bond acceptors (Lipinski definition) is 7. The predicted molar refractivity (Wildman–Crippen MR) is 107 cm³/mol. The van der Waals surface area contributed by atoms with Gasteiger partial charge in [0.2, 0.25) is 11.8 Å². The number of nitrogens with zero attached hydrogens (tertiary/aromatic N) is 2. The Kier molecular flexibility index (Phi) is 5.25. The molecule has 3 N–H and O–H groups in total. The quantitative estimate of drug-likeness (QED) is 0.594. The van der Waals surface area contributed by atoms with Crippen molar-refractivity contribution in [2.24, 2.45) is 0 Å². The Morgan fingerprint density at radius 2 is 1.86 bits per heavy atom. The van der Waals surface area contributed by atoms with Crippen LogP contribution in [0.2, 0.25) is 0 Å². The highest BCUT2D eigenvalue weighted by Gasteiger charge is 2.17. The summed E-state index contributed by atoms with van der Waals surface area (Å²) < 4.78 is 10.5. The standard InChI is InChI=1S/C19H17N5O4S/c1-11-3-2-4-12(7-11)22-19(26)20-9-16-23-24-18(29-16)17(25)21-13-5-6-14-15(8-13)28-10-27-14/h2-8H,9-10H2,1H3,(H,21,25)(H2,20,22,26). The number of urea groups is 1. The van der Waals surface area contributed by atoms with Crippen LogP contribution in [0.3, 0.4) is 0 Å². The highest BCUT2D eigenvalue weighted by molar-refractivity contribution is 7.13. The molecule has 2 aromatic carbocycles. The first kappa shape index (κ1) is 18.7. The Morgan fingerprint density at radius 3 is 2.72 bits per heavy atom. The average molecular weight is 411 g/mol. The molecule has 0 unspecified atom stereocenters. The van der Waals surface area contributed by atoms with Crippen molar-refractivity contribution in [3.8, 4) is 11.5 Å². The molecule has 0 aliphatic carbocycles. The summed E-state index contributed by atoms with van der Waals surface area (Å²) in [5.41, 5.74) is 2.31. The zero-order valence-corrected chi connectivity index (χ0v) is 16.2. The van der Waals surface area contributed by atoms with E-state index in [1.165, 1.54) is 0 Å². The number of amides is 3. The minimum atomic E-state index is -0.392. The van der Waals surface area contributed by atoms with Crippen LogP contribution < -0.4 is 25.4 Å². The summed E-state index contributed by atoms with van der Waals surface area (Å²) in [5.74, 6) is 0.817. The molecule has 0 spiro atoms. The fourth-order valence-corrected chi connectivity index (χ4v) is 3.30. The van der Waals surface area contributed by atoms with E-state index in [2.05, 4.69) is 26.1 Å². The molecule has 1 aromatic heterocycles. The fourth-order valence-electron chi connectivity index (χ4n) is 2.63. The van der Waals surface area contributed by atoms with Crippen LogP contribution in [0.25, 0.3) is 0 Å². The van der Waals surface area contributed by atoms with Gasteiger partial charge in [-0.15, -0.1) is 10.2 Å². The number of ether oxygens (including phenoxy) is 2. The number of anilines is 2. The molecule has 0 fully saturated rings. The molecule has 4 rings (SSSR count). The third-order valence-corrected chi connectivity index (χ3v) is 4.89. The molecule has 3 aromatic rings. The van der Waals surface area contributed by atoms with E-state index in [9.17, 15) is 9.59 Å². The molecule has 3 amide bonds.